The van der Waals surface area contributed by atoms with Gasteiger partial charge in [-0.15, -0.1) is 0 Å². The average Bonchev–Trinajstić information content (AvgIpc) is 2.51. The van der Waals surface area contributed by atoms with Gasteiger partial charge in [0.1, 0.15) is 0 Å². The first kappa shape index (κ1) is 9.52. The Bertz CT molecular complexity index is 516. The molecule has 1 aromatic rings. The Kier molecular flexibility index (Phi) is 2.00. The Morgan fingerprint density at radius 1 is 1.13 bits per heavy atom. The fraction of sp³-hybridized carbons (Fsp3) is 0.214. The van der Waals surface area contributed by atoms with Crippen LogP contribution in [0.5, 0.6) is 0 Å². The van der Waals surface area contributed by atoms with E-state index in [0.29, 0.717) is 0 Å². The highest BCUT2D eigenvalue weighted by Gasteiger charge is 2.38. The van der Waals surface area contributed by atoms with Crippen molar-refractivity contribution in [3.05, 3.63) is 51.6 Å². The Morgan fingerprint density at radius 3 is 2.80 bits per heavy atom. The van der Waals surface area contributed by atoms with Gasteiger partial charge >= 0.3 is 0 Å². The summed E-state index contributed by atoms with van der Waals surface area (Å²) in [7, 11) is 0. The summed E-state index contributed by atoms with van der Waals surface area (Å²) in [5, 5.41) is 0. The molecule has 1 heteroatoms. The monoisotopic (exact) mass is 308 g/mol. The van der Waals surface area contributed by atoms with Crippen molar-refractivity contribution in [3.8, 4) is 0 Å². The molecule has 0 aromatic heterocycles. The van der Waals surface area contributed by atoms with Crippen LogP contribution in [0.3, 0.4) is 0 Å². The number of allylic oxidation sites excluding steroid dienone is 3. The summed E-state index contributed by atoms with van der Waals surface area (Å²) >= 11 is 0.101. The molecule has 1 aliphatic carbocycles. The Labute approximate surface area is 100 Å². The highest BCUT2D eigenvalue weighted by atomic mass is 127. The molecular weight excluding hydrogens is 295 g/mol. The number of halogens is 1. The first-order chi connectivity index (χ1) is 7.21. The van der Waals surface area contributed by atoms with Crippen molar-refractivity contribution in [3.63, 3.8) is 0 Å². The van der Waals surface area contributed by atoms with Crippen molar-refractivity contribution in [1.82, 2.24) is 0 Å². The maximum absolute atomic E-state index is 2.37. The van der Waals surface area contributed by atoms with E-state index in [4.69, 9.17) is 0 Å². The smallest absolute Gasteiger partial charge is 0.0212 e. The van der Waals surface area contributed by atoms with E-state index >= 15 is 0 Å². The van der Waals surface area contributed by atoms with Crippen molar-refractivity contribution in [2.75, 3.05) is 0 Å². The van der Waals surface area contributed by atoms with Crippen LogP contribution in [-0.2, 0) is 5.41 Å². The zero-order valence-electron chi connectivity index (χ0n) is 8.92. The minimum atomic E-state index is 0.101. The van der Waals surface area contributed by atoms with Gasteiger partial charge in [0, 0.05) is 8.92 Å². The Hall–Kier alpha value is -0.700. The van der Waals surface area contributed by atoms with Crippen LogP contribution in [0.2, 0.25) is 0 Å². The van der Waals surface area contributed by atoms with Crippen molar-refractivity contribution in [1.29, 1.82) is 0 Å². The molecule has 0 N–H and O–H groups in total. The van der Waals surface area contributed by atoms with E-state index in [1.54, 1.807) is 3.51 Å². The summed E-state index contributed by atoms with van der Waals surface area (Å²) in [6, 6.07) is 8.85. The van der Waals surface area contributed by atoms with Crippen molar-refractivity contribution in [2.24, 2.45) is 0 Å². The lowest BCUT2D eigenvalue weighted by molar-refractivity contribution is 0.746. The van der Waals surface area contributed by atoms with Crippen LogP contribution in [-0.4, -0.2) is 3.51 Å². The molecule has 15 heavy (non-hydrogen) atoms. The van der Waals surface area contributed by atoms with Gasteiger partial charge in [-0.25, -0.2) is 0 Å². The van der Waals surface area contributed by atoms with Gasteiger partial charge in [0.15, 0.2) is 0 Å². The lowest BCUT2D eigenvalue weighted by Gasteiger charge is -2.21. The third-order valence-electron chi connectivity index (χ3n) is 3.18. The lowest BCUT2D eigenvalue weighted by atomic mass is 9.86. The highest BCUT2D eigenvalue weighted by Crippen LogP contribution is 2.46. The van der Waals surface area contributed by atoms with E-state index in [1.807, 2.05) is 0 Å². The van der Waals surface area contributed by atoms with Crippen molar-refractivity contribution >= 4 is 29.8 Å². The van der Waals surface area contributed by atoms with E-state index in [9.17, 15) is 0 Å². The van der Waals surface area contributed by atoms with Gasteiger partial charge in [0.2, 0.25) is 0 Å². The third-order valence-corrected chi connectivity index (χ3v) is 6.51. The van der Waals surface area contributed by atoms with E-state index < -0.39 is 0 Å². The molecule has 1 aromatic carbocycles. The Morgan fingerprint density at radius 2 is 1.93 bits per heavy atom. The fourth-order valence-corrected chi connectivity index (χ4v) is 5.08. The summed E-state index contributed by atoms with van der Waals surface area (Å²) in [6.45, 7) is 4.72. The molecule has 0 amide bonds. The second-order valence-electron chi connectivity index (χ2n) is 4.49. The van der Waals surface area contributed by atoms with Crippen LogP contribution in [0.1, 0.15) is 25.0 Å². The first-order valence-corrected chi connectivity index (χ1v) is 7.51. The standard InChI is InChI=1S/C14H13I/c1-14(2)12-8-4-3-6-10(12)11-7-5-9-15-13(11)14/h3-9H,1-2H3. The summed E-state index contributed by atoms with van der Waals surface area (Å²) in [5.41, 5.74) is 4.74. The van der Waals surface area contributed by atoms with Crippen LogP contribution < -0.4 is 0 Å². The number of hydrogen-bond donors (Lipinski definition) is 0. The normalized spacial score (nSPS) is 20.9. The first-order valence-electron chi connectivity index (χ1n) is 5.19. The number of fused-ring (bicyclic) bond motifs is 3. The van der Waals surface area contributed by atoms with Crippen molar-refractivity contribution < 1.29 is 0 Å². The molecule has 0 saturated heterocycles. The molecule has 0 bridgehead atoms. The summed E-state index contributed by atoms with van der Waals surface area (Å²) < 4.78 is 4.05. The minimum absolute atomic E-state index is 0.101. The summed E-state index contributed by atoms with van der Waals surface area (Å²) in [4.78, 5) is 0. The van der Waals surface area contributed by atoms with Crippen molar-refractivity contribution in [2.45, 2.75) is 19.3 Å². The molecule has 0 unspecified atom stereocenters. The predicted octanol–water partition coefficient (Wildman–Crippen LogP) is 4.03. The lowest BCUT2D eigenvalue weighted by Crippen LogP contribution is -2.22. The van der Waals surface area contributed by atoms with Gasteiger partial charge in [-0.3, -0.25) is 0 Å². The molecule has 0 radical (unpaired) electrons. The second kappa shape index (κ2) is 3.14. The van der Waals surface area contributed by atoms with Crippen LogP contribution in [0, 0.1) is 0 Å². The summed E-state index contributed by atoms with van der Waals surface area (Å²) in [6.07, 6.45) is 4.51. The quantitative estimate of drug-likeness (QED) is 0.635. The predicted molar refractivity (Wildman–Crippen MR) is 75.6 cm³/mol. The van der Waals surface area contributed by atoms with Crippen LogP contribution in [0.25, 0.3) is 5.57 Å². The topological polar surface area (TPSA) is 0 Å². The molecule has 1 heterocycles. The molecule has 0 atom stereocenters. The molecule has 0 spiro atoms. The van der Waals surface area contributed by atoms with Gasteiger partial charge in [-0.2, -0.15) is 0 Å². The average molecular weight is 308 g/mol. The fourth-order valence-electron chi connectivity index (χ4n) is 2.43. The molecule has 2 aliphatic rings. The zero-order valence-corrected chi connectivity index (χ0v) is 11.1. The van der Waals surface area contributed by atoms with Crippen LogP contribution >= 0.6 is 20.7 Å². The van der Waals surface area contributed by atoms with Gasteiger partial charge in [0.25, 0.3) is 0 Å². The maximum Gasteiger partial charge on any atom is 0.0212 e. The van der Waals surface area contributed by atoms with Crippen LogP contribution in [0.15, 0.2) is 40.5 Å². The number of hydrogen-bond acceptors (Lipinski definition) is 0. The SMILES string of the molecule is CC1(C)C2=IC=CC=C2c2ccccc21. The molecule has 3 rings (SSSR count). The molecule has 0 fully saturated rings. The highest BCUT2D eigenvalue weighted by molar-refractivity contribution is 14.2. The van der Waals surface area contributed by atoms with Gasteiger partial charge < -0.3 is 0 Å². The number of rotatable bonds is 0. The second-order valence-corrected chi connectivity index (χ2v) is 6.91. The molecule has 1 aliphatic heterocycles. The van der Waals surface area contributed by atoms with E-state index in [-0.39, 0.29) is 26.1 Å². The summed E-state index contributed by atoms with van der Waals surface area (Å²) in [5.74, 6) is 0. The van der Waals surface area contributed by atoms with Gasteiger partial charge in [-0.1, -0.05) is 71.0 Å². The van der Waals surface area contributed by atoms with E-state index in [2.05, 4.69) is 54.3 Å². The van der Waals surface area contributed by atoms with Gasteiger partial charge in [-0.05, 0) is 20.8 Å². The maximum atomic E-state index is 2.37. The number of benzene rings is 1. The minimum Gasteiger partial charge on any atom is -0.0886 e. The third kappa shape index (κ3) is 1.22. The zero-order chi connectivity index (χ0) is 10.5. The largest absolute Gasteiger partial charge is 0.0886 e. The van der Waals surface area contributed by atoms with E-state index in [0.717, 1.165) is 0 Å². The molecule has 0 nitrogen and oxygen atoms in total. The van der Waals surface area contributed by atoms with E-state index in [1.165, 1.54) is 16.7 Å². The van der Waals surface area contributed by atoms with Crippen LogP contribution in [0.4, 0.5) is 0 Å². The molecule has 76 valence electrons. The Balaban J connectivity index is 2.37. The molecular formula is C14H13I. The van der Waals surface area contributed by atoms with Gasteiger partial charge in [0.05, 0.1) is 0 Å². The molecule has 0 saturated carbocycles.